The fourth-order valence-electron chi connectivity index (χ4n) is 0.943. The van der Waals surface area contributed by atoms with Crippen LogP contribution in [-0.2, 0) is 11.3 Å². The van der Waals surface area contributed by atoms with Crippen molar-refractivity contribution in [3.63, 3.8) is 0 Å². The van der Waals surface area contributed by atoms with Crippen LogP contribution in [0.5, 0.6) is 0 Å². The molecule has 0 saturated carbocycles. The van der Waals surface area contributed by atoms with Crippen LogP contribution in [0.2, 0.25) is 0 Å². The van der Waals surface area contributed by atoms with Gasteiger partial charge in [-0.15, -0.1) is 0 Å². The molecule has 0 unspecified atom stereocenters. The molecule has 0 bridgehead atoms. The average molecular weight is 199 g/mol. The van der Waals surface area contributed by atoms with Crippen LogP contribution in [0.3, 0.4) is 0 Å². The lowest BCUT2D eigenvalue weighted by Crippen LogP contribution is -2.23. The van der Waals surface area contributed by atoms with E-state index in [1.807, 2.05) is 0 Å². The van der Waals surface area contributed by atoms with Gasteiger partial charge in [-0.1, -0.05) is 0 Å². The molecule has 6 heteroatoms. The maximum absolute atomic E-state index is 10.6. The third kappa shape index (κ3) is 2.46. The second-order valence-corrected chi connectivity index (χ2v) is 2.80. The minimum absolute atomic E-state index is 0.550. The van der Waals surface area contributed by atoms with Gasteiger partial charge in [-0.25, -0.2) is 4.79 Å². The summed E-state index contributed by atoms with van der Waals surface area (Å²) in [5.41, 5.74) is 0.550. The molecular formula is C8H13N3O3. The van der Waals surface area contributed by atoms with Gasteiger partial charge in [-0.05, 0) is 0 Å². The fourth-order valence-corrected chi connectivity index (χ4v) is 0.943. The quantitative estimate of drug-likeness (QED) is 0.772. The zero-order valence-corrected chi connectivity index (χ0v) is 8.17. The first-order valence-electron chi connectivity index (χ1n) is 4.13. The summed E-state index contributed by atoms with van der Waals surface area (Å²) in [5, 5.41) is 12.7. The van der Waals surface area contributed by atoms with Crippen molar-refractivity contribution in [1.29, 1.82) is 0 Å². The molecule has 0 aliphatic heterocycles. The monoisotopic (exact) mass is 199 g/mol. The smallest absolute Gasteiger partial charge is 0.411 e. The van der Waals surface area contributed by atoms with E-state index in [9.17, 15) is 4.79 Å². The van der Waals surface area contributed by atoms with E-state index in [4.69, 9.17) is 9.84 Å². The molecular weight excluding hydrogens is 186 g/mol. The summed E-state index contributed by atoms with van der Waals surface area (Å²) >= 11 is 0. The Kier molecular flexibility index (Phi) is 3.47. The summed E-state index contributed by atoms with van der Waals surface area (Å²) in [5.74, 6) is 0. The highest BCUT2D eigenvalue weighted by Gasteiger charge is 2.09. The van der Waals surface area contributed by atoms with Crippen LogP contribution in [-0.4, -0.2) is 41.7 Å². The molecule has 0 aliphatic rings. The zero-order chi connectivity index (χ0) is 10.6. The van der Waals surface area contributed by atoms with Crippen molar-refractivity contribution in [2.75, 3.05) is 25.7 Å². The number of amides is 1. The number of rotatable bonds is 4. The molecule has 0 aromatic carbocycles. The van der Waals surface area contributed by atoms with Gasteiger partial charge in [0.1, 0.15) is 0 Å². The predicted octanol–water partition coefficient (Wildman–Crippen LogP) is 0.644. The first kappa shape index (κ1) is 10.5. The van der Waals surface area contributed by atoms with Gasteiger partial charge >= 0.3 is 6.09 Å². The molecule has 0 aliphatic carbocycles. The molecule has 0 saturated heterocycles. The molecule has 78 valence electrons. The first-order chi connectivity index (χ1) is 6.65. The highest BCUT2D eigenvalue weighted by molar-refractivity contribution is 5.84. The number of hydrogen-bond donors (Lipinski definition) is 1. The largest absolute Gasteiger partial charge is 0.465 e. The Morgan fingerprint density at radius 2 is 2.50 bits per heavy atom. The Morgan fingerprint density at radius 3 is 3.07 bits per heavy atom. The van der Waals surface area contributed by atoms with Crippen LogP contribution < -0.4 is 4.90 Å². The zero-order valence-electron chi connectivity index (χ0n) is 8.17. The van der Waals surface area contributed by atoms with Crippen molar-refractivity contribution in [2.45, 2.75) is 6.54 Å². The fraction of sp³-hybridized carbons (Fsp3) is 0.500. The SMILES string of the molecule is COCCn1cc(N(C)C(=O)O)cn1. The predicted molar refractivity (Wildman–Crippen MR) is 50.5 cm³/mol. The van der Waals surface area contributed by atoms with Gasteiger partial charge < -0.3 is 9.84 Å². The number of aromatic nitrogens is 2. The van der Waals surface area contributed by atoms with Crippen molar-refractivity contribution in [3.05, 3.63) is 12.4 Å². The maximum Gasteiger partial charge on any atom is 0.411 e. The van der Waals surface area contributed by atoms with E-state index >= 15 is 0 Å². The summed E-state index contributed by atoms with van der Waals surface area (Å²) in [6.45, 7) is 1.17. The lowest BCUT2D eigenvalue weighted by Gasteiger charge is -2.08. The van der Waals surface area contributed by atoms with E-state index in [0.717, 1.165) is 4.90 Å². The number of methoxy groups -OCH3 is 1. The van der Waals surface area contributed by atoms with Crippen LogP contribution in [0.25, 0.3) is 0 Å². The third-order valence-electron chi connectivity index (χ3n) is 1.82. The van der Waals surface area contributed by atoms with Gasteiger partial charge in [-0.2, -0.15) is 5.10 Å². The number of carboxylic acid groups (broad SMARTS) is 1. The molecule has 6 nitrogen and oxygen atoms in total. The minimum Gasteiger partial charge on any atom is -0.465 e. The second kappa shape index (κ2) is 4.61. The van der Waals surface area contributed by atoms with E-state index in [1.165, 1.54) is 13.2 Å². The van der Waals surface area contributed by atoms with Crippen LogP contribution in [0, 0.1) is 0 Å². The van der Waals surface area contributed by atoms with Crippen molar-refractivity contribution >= 4 is 11.8 Å². The Balaban J connectivity index is 2.63. The molecule has 0 atom stereocenters. The van der Waals surface area contributed by atoms with Gasteiger partial charge in [0.2, 0.25) is 0 Å². The highest BCUT2D eigenvalue weighted by atomic mass is 16.5. The van der Waals surface area contributed by atoms with Crippen LogP contribution >= 0.6 is 0 Å². The lowest BCUT2D eigenvalue weighted by atomic mass is 10.5. The van der Waals surface area contributed by atoms with Crippen molar-refractivity contribution < 1.29 is 14.6 Å². The van der Waals surface area contributed by atoms with Crippen molar-refractivity contribution in [2.24, 2.45) is 0 Å². The third-order valence-corrected chi connectivity index (χ3v) is 1.82. The highest BCUT2D eigenvalue weighted by Crippen LogP contribution is 2.10. The molecule has 1 amide bonds. The number of anilines is 1. The minimum atomic E-state index is -1.00. The van der Waals surface area contributed by atoms with Gasteiger partial charge in [-0.3, -0.25) is 9.58 Å². The van der Waals surface area contributed by atoms with Gasteiger partial charge in [0.15, 0.2) is 0 Å². The Morgan fingerprint density at radius 1 is 1.79 bits per heavy atom. The molecule has 0 spiro atoms. The molecule has 0 fully saturated rings. The van der Waals surface area contributed by atoms with E-state index in [0.29, 0.717) is 18.8 Å². The molecule has 1 aromatic heterocycles. The summed E-state index contributed by atoms with van der Waals surface area (Å²) in [7, 11) is 3.08. The number of nitrogens with zero attached hydrogens (tertiary/aromatic N) is 3. The standard InChI is InChI=1S/C8H13N3O3/c1-10(8(12)13)7-5-9-11(6-7)3-4-14-2/h5-6H,3-4H2,1-2H3,(H,12,13). The van der Waals surface area contributed by atoms with E-state index in [1.54, 1.807) is 18.0 Å². The van der Waals surface area contributed by atoms with E-state index in [2.05, 4.69) is 5.10 Å². The van der Waals surface area contributed by atoms with Crippen molar-refractivity contribution in [3.8, 4) is 0 Å². The van der Waals surface area contributed by atoms with Crippen LogP contribution in [0.4, 0.5) is 10.5 Å². The molecule has 1 aromatic rings. The van der Waals surface area contributed by atoms with E-state index < -0.39 is 6.09 Å². The Hall–Kier alpha value is -1.56. The summed E-state index contributed by atoms with van der Waals surface area (Å²) in [6.07, 6.45) is 2.16. The average Bonchev–Trinajstić information content (AvgIpc) is 2.61. The summed E-state index contributed by atoms with van der Waals surface area (Å²) < 4.78 is 6.51. The van der Waals surface area contributed by atoms with Crippen LogP contribution in [0.15, 0.2) is 12.4 Å². The number of ether oxygens (including phenoxy) is 1. The topological polar surface area (TPSA) is 67.6 Å². The lowest BCUT2D eigenvalue weighted by molar-refractivity contribution is 0.183. The van der Waals surface area contributed by atoms with Gasteiger partial charge in [0.25, 0.3) is 0 Å². The molecule has 14 heavy (non-hydrogen) atoms. The maximum atomic E-state index is 10.6. The normalized spacial score (nSPS) is 10.1. The van der Waals surface area contributed by atoms with Gasteiger partial charge in [0.05, 0.1) is 25.0 Å². The number of hydrogen-bond acceptors (Lipinski definition) is 3. The van der Waals surface area contributed by atoms with Gasteiger partial charge in [0, 0.05) is 20.4 Å². The Labute approximate surface area is 81.7 Å². The summed E-state index contributed by atoms with van der Waals surface area (Å²) in [4.78, 5) is 11.7. The second-order valence-electron chi connectivity index (χ2n) is 2.80. The molecule has 1 rings (SSSR count). The van der Waals surface area contributed by atoms with E-state index in [-0.39, 0.29) is 0 Å². The van der Waals surface area contributed by atoms with Crippen molar-refractivity contribution in [1.82, 2.24) is 9.78 Å². The number of carbonyl (C=O) groups is 1. The first-order valence-corrected chi connectivity index (χ1v) is 4.13. The Bertz CT molecular complexity index is 311. The molecule has 0 radical (unpaired) electrons. The molecule has 1 N–H and O–H groups in total. The van der Waals surface area contributed by atoms with Crippen LogP contribution in [0.1, 0.15) is 0 Å². The summed E-state index contributed by atoms with van der Waals surface area (Å²) in [6, 6.07) is 0. The molecule has 1 heterocycles.